The fraction of sp³-hybridized carbons (Fsp3) is 0.211. The van der Waals surface area contributed by atoms with Crippen LogP contribution in [0.2, 0.25) is 0 Å². The van der Waals surface area contributed by atoms with Crippen LogP contribution in [0, 0.1) is 6.92 Å². The minimum Gasteiger partial charge on any atom is -0.366 e. The van der Waals surface area contributed by atoms with Crippen molar-refractivity contribution in [3.8, 4) is 0 Å². The average Bonchev–Trinajstić information content (AvgIpc) is 3.11. The van der Waals surface area contributed by atoms with Crippen molar-refractivity contribution in [3.63, 3.8) is 0 Å². The number of nitrogens with zero attached hydrogens (tertiary/aromatic N) is 1. The fourth-order valence-corrected chi connectivity index (χ4v) is 4.81. The van der Waals surface area contributed by atoms with E-state index in [1.54, 1.807) is 18.2 Å². The van der Waals surface area contributed by atoms with Crippen molar-refractivity contribution in [1.82, 2.24) is 4.98 Å². The van der Waals surface area contributed by atoms with E-state index < -0.39 is 10.0 Å². The van der Waals surface area contributed by atoms with Gasteiger partial charge in [-0.25, -0.2) is 13.4 Å². The van der Waals surface area contributed by atoms with Crippen LogP contribution in [0.1, 0.15) is 22.9 Å². The summed E-state index contributed by atoms with van der Waals surface area (Å²) in [6.07, 6.45) is 2.34. The van der Waals surface area contributed by atoms with E-state index in [2.05, 4.69) is 34.1 Å². The SMILES string of the molecule is CCc1ccc(S(=O)(=O)Nc2ccc(NCc3cccc(C)c3)nc2)s1. The topological polar surface area (TPSA) is 71.1 Å². The van der Waals surface area contributed by atoms with Crippen molar-refractivity contribution >= 4 is 32.9 Å². The number of thiophene rings is 1. The lowest BCUT2D eigenvalue weighted by Gasteiger charge is -2.09. The summed E-state index contributed by atoms with van der Waals surface area (Å²) in [6, 6.07) is 15.2. The molecule has 5 nitrogen and oxygen atoms in total. The van der Waals surface area contributed by atoms with Gasteiger partial charge < -0.3 is 5.32 Å². The highest BCUT2D eigenvalue weighted by Crippen LogP contribution is 2.24. The van der Waals surface area contributed by atoms with E-state index in [-0.39, 0.29) is 0 Å². The second kappa shape index (κ2) is 7.88. The predicted molar refractivity (Wildman–Crippen MR) is 107 cm³/mol. The third kappa shape index (κ3) is 4.62. The van der Waals surface area contributed by atoms with E-state index in [0.717, 1.165) is 11.3 Å². The zero-order chi connectivity index (χ0) is 18.6. The average molecular weight is 388 g/mol. The molecule has 0 fully saturated rings. The van der Waals surface area contributed by atoms with E-state index >= 15 is 0 Å². The van der Waals surface area contributed by atoms with Gasteiger partial charge in [-0.15, -0.1) is 11.3 Å². The number of rotatable bonds is 7. The standard InChI is InChI=1S/C19H21N3O2S2/c1-3-17-8-10-19(25-17)26(23,24)22-16-7-9-18(21-13-16)20-12-15-6-4-5-14(2)11-15/h4-11,13,22H,3,12H2,1-2H3,(H,20,21). The molecule has 7 heteroatoms. The van der Waals surface area contributed by atoms with E-state index in [1.165, 1.54) is 28.7 Å². The fourth-order valence-electron chi connectivity index (χ4n) is 2.47. The molecule has 0 bridgehead atoms. The summed E-state index contributed by atoms with van der Waals surface area (Å²) in [5.74, 6) is 0.693. The Balaban J connectivity index is 1.63. The summed E-state index contributed by atoms with van der Waals surface area (Å²) >= 11 is 1.29. The first-order valence-corrected chi connectivity index (χ1v) is 10.6. The molecule has 0 aliphatic carbocycles. The number of pyridine rings is 1. The Morgan fingerprint density at radius 2 is 1.96 bits per heavy atom. The van der Waals surface area contributed by atoms with Gasteiger partial charge >= 0.3 is 0 Å². The summed E-state index contributed by atoms with van der Waals surface area (Å²) in [5.41, 5.74) is 2.82. The first-order valence-electron chi connectivity index (χ1n) is 8.33. The highest BCUT2D eigenvalue weighted by atomic mass is 32.2. The van der Waals surface area contributed by atoms with E-state index in [0.29, 0.717) is 22.3 Å². The number of hydrogen-bond acceptors (Lipinski definition) is 5. The van der Waals surface area contributed by atoms with Crippen LogP contribution in [0.3, 0.4) is 0 Å². The van der Waals surface area contributed by atoms with Crippen molar-refractivity contribution in [3.05, 3.63) is 70.7 Å². The molecule has 0 atom stereocenters. The molecule has 3 rings (SSSR count). The zero-order valence-electron chi connectivity index (χ0n) is 14.7. The molecule has 2 heterocycles. The number of nitrogens with one attached hydrogen (secondary N) is 2. The molecule has 136 valence electrons. The molecule has 2 aromatic heterocycles. The van der Waals surface area contributed by atoms with Crippen LogP contribution in [0.15, 0.2) is 58.9 Å². The minimum atomic E-state index is -3.57. The summed E-state index contributed by atoms with van der Waals surface area (Å²) in [4.78, 5) is 5.32. The number of hydrogen-bond donors (Lipinski definition) is 2. The van der Waals surface area contributed by atoms with Gasteiger partial charge in [0.2, 0.25) is 0 Å². The third-order valence-electron chi connectivity index (χ3n) is 3.82. The Labute approximate surface area is 158 Å². The Hall–Kier alpha value is -2.38. The maximum atomic E-state index is 12.4. The van der Waals surface area contributed by atoms with Crippen molar-refractivity contribution < 1.29 is 8.42 Å². The van der Waals surface area contributed by atoms with Crippen molar-refractivity contribution in [2.75, 3.05) is 10.0 Å². The van der Waals surface area contributed by atoms with Gasteiger partial charge in [0.05, 0.1) is 11.9 Å². The first-order chi connectivity index (χ1) is 12.5. The van der Waals surface area contributed by atoms with Gasteiger partial charge in [0.25, 0.3) is 10.0 Å². The lowest BCUT2D eigenvalue weighted by molar-refractivity contribution is 0.603. The van der Waals surface area contributed by atoms with Crippen molar-refractivity contribution in [2.24, 2.45) is 0 Å². The van der Waals surface area contributed by atoms with Crippen LogP contribution in [0.5, 0.6) is 0 Å². The molecular formula is C19H21N3O2S2. The van der Waals surface area contributed by atoms with Gasteiger partial charge in [-0.3, -0.25) is 4.72 Å². The molecule has 0 radical (unpaired) electrons. The number of benzene rings is 1. The van der Waals surface area contributed by atoms with Crippen molar-refractivity contribution in [2.45, 2.75) is 31.0 Å². The zero-order valence-corrected chi connectivity index (χ0v) is 16.3. The first kappa shape index (κ1) is 18.4. The van der Waals surface area contributed by atoms with E-state index in [1.807, 2.05) is 25.1 Å². The Bertz CT molecular complexity index is 980. The minimum absolute atomic E-state index is 0.316. The Morgan fingerprint density at radius 3 is 2.62 bits per heavy atom. The maximum Gasteiger partial charge on any atom is 0.271 e. The molecule has 0 aliphatic rings. The largest absolute Gasteiger partial charge is 0.366 e. The van der Waals surface area contributed by atoms with Crippen molar-refractivity contribution in [1.29, 1.82) is 0 Å². The van der Waals surface area contributed by atoms with Crippen LogP contribution in [-0.4, -0.2) is 13.4 Å². The second-order valence-corrected chi connectivity index (χ2v) is 9.03. The molecule has 0 saturated carbocycles. The molecule has 0 saturated heterocycles. The van der Waals surface area contributed by atoms with Gasteiger partial charge in [0, 0.05) is 11.4 Å². The lowest BCUT2D eigenvalue weighted by Crippen LogP contribution is -2.11. The monoisotopic (exact) mass is 387 g/mol. The second-order valence-electron chi connectivity index (χ2n) is 5.95. The molecule has 0 unspecified atom stereocenters. The summed E-state index contributed by atoms with van der Waals surface area (Å²) < 4.78 is 27.7. The predicted octanol–water partition coefficient (Wildman–Crippen LogP) is 4.43. The highest BCUT2D eigenvalue weighted by molar-refractivity contribution is 7.94. The van der Waals surface area contributed by atoms with Gasteiger partial charge in [-0.2, -0.15) is 0 Å². The number of anilines is 2. The molecule has 0 aliphatic heterocycles. The Kier molecular flexibility index (Phi) is 5.58. The third-order valence-corrected chi connectivity index (χ3v) is 6.92. The van der Waals surface area contributed by atoms with Crippen LogP contribution in [-0.2, 0) is 23.0 Å². The van der Waals surface area contributed by atoms with E-state index in [4.69, 9.17) is 0 Å². The summed E-state index contributed by atoms with van der Waals surface area (Å²) in [6.45, 7) is 4.72. The molecule has 26 heavy (non-hydrogen) atoms. The summed E-state index contributed by atoms with van der Waals surface area (Å²) in [5, 5.41) is 3.23. The molecular weight excluding hydrogens is 366 g/mol. The van der Waals surface area contributed by atoms with Crippen LogP contribution in [0.25, 0.3) is 0 Å². The van der Waals surface area contributed by atoms with Gasteiger partial charge in [0.15, 0.2) is 0 Å². The highest BCUT2D eigenvalue weighted by Gasteiger charge is 2.16. The summed E-state index contributed by atoms with van der Waals surface area (Å²) in [7, 11) is -3.57. The van der Waals surface area contributed by atoms with Gasteiger partial charge in [-0.1, -0.05) is 36.8 Å². The molecule has 0 amide bonds. The van der Waals surface area contributed by atoms with Gasteiger partial charge in [-0.05, 0) is 43.2 Å². The van der Waals surface area contributed by atoms with Crippen LogP contribution >= 0.6 is 11.3 Å². The maximum absolute atomic E-state index is 12.4. The van der Waals surface area contributed by atoms with E-state index in [9.17, 15) is 8.42 Å². The quantitative estimate of drug-likeness (QED) is 0.629. The number of aromatic nitrogens is 1. The molecule has 2 N–H and O–H groups in total. The Morgan fingerprint density at radius 1 is 1.12 bits per heavy atom. The normalized spacial score (nSPS) is 11.3. The van der Waals surface area contributed by atoms with Crippen LogP contribution < -0.4 is 10.0 Å². The molecule has 1 aromatic carbocycles. The van der Waals surface area contributed by atoms with Crippen LogP contribution in [0.4, 0.5) is 11.5 Å². The molecule has 3 aromatic rings. The molecule has 0 spiro atoms. The smallest absolute Gasteiger partial charge is 0.271 e. The van der Waals surface area contributed by atoms with Gasteiger partial charge in [0.1, 0.15) is 10.0 Å². The number of aryl methyl sites for hydroxylation is 2. The lowest BCUT2D eigenvalue weighted by atomic mass is 10.1. The number of sulfonamides is 1.